The minimum absolute atomic E-state index is 0.0226. The molecule has 0 radical (unpaired) electrons. The van der Waals surface area contributed by atoms with Crippen molar-refractivity contribution in [2.75, 3.05) is 6.61 Å². The van der Waals surface area contributed by atoms with Crippen LogP contribution in [0.2, 0.25) is 0 Å². The summed E-state index contributed by atoms with van der Waals surface area (Å²) in [4.78, 5) is 37.4. The van der Waals surface area contributed by atoms with Crippen molar-refractivity contribution in [3.8, 4) is 11.5 Å². The van der Waals surface area contributed by atoms with E-state index >= 15 is 0 Å². The van der Waals surface area contributed by atoms with Crippen LogP contribution >= 0.6 is 0 Å². The van der Waals surface area contributed by atoms with Crippen LogP contribution in [0.25, 0.3) is 12.2 Å². The second-order valence-corrected chi connectivity index (χ2v) is 5.74. The zero-order valence-corrected chi connectivity index (χ0v) is 15.3. The molecule has 9 nitrogen and oxygen atoms in total. The van der Waals surface area contributed by atoms with Gasteiger partial charge in [-0.25, -0.2) is 4.79 Å². The summed E-state index contributed by atoms with van der Waals surface area (Å²) in [6.45, 7) is 6.25. The minimum atomic E-state index is -1.06. The summed E-state index contributed by atoms with van der Waals surface area (Å²) in [5.74, 6) is 1.13. The van der Waals surface area contributed by atoms with Gasteiger partial charge >= 0.3 is 16.9 Å². The molecule has 0 spiro atoms. The average molecular weight is 375 g/mol. The van der Waals surface area contributed by atoms with Crippen LogP contribution in [0.1, 0.15) is 38.4 Å². The maximum Gasteiger partial charge on any atom is 0.357 e. The Morgan fingerprint density at radius 2 is 1.93 bits per heavy atom. The van der Waals surface area contributed by atoms with Gasteiger partial charge in [-0.1, -0.05) is 19.1 Å². The van der Waals surface area contributed by atoms with Crippen LogP contribution < -0.4 is 20.7 Å². The first-order chi connectivity index (χ1) is 12.8. The molecule has 0 aliphatic carbocycles. The van der Waals surface area contributed by atoms with Crippen LogP contribution in [0.4, 0.5) is 5.69 Å². The van der Waals surface area contributed by atoms with Gasteiger partial charge in [0.25, 0.3) is 0 Å². The molecule has 144 valence electrons. The number of hydrogen-bond acceptors (Lipinski definition) is 6. The number of aromatic amines is 2. The fraction of sp³-hybridized carbons (Fsp3) is 0.333. The Morgan fingerprint density at radius 1 is 1.19 bits per heavy atom. The van der Waals surface area contributed by atoms with Crippen molar-refractivity contribution in [1.29, 1.82) is 0 Å². The third-order valence-electron chi connectivity index (χ3n) is 3.74. The molecule has 1 atom stereocenters. The third-order valence-corrected chi connectivity index (χ3v) is 3.74. The number of nitrogens with one attached hydrogen (secondary N) is 2. The topological polar surface area (TPSA) is 127 Å². The van der Waals surface area contributed by atoms with Gasteiger partial charge in [0.1, 0.15) is 5.69 Å². The Bertz CT molecular complexity index is 960. The lowest BCUT2D eigenvalue weighted by Gasteiger charge is -2.16. The van der Waals surface area contributed by atoms with Gasteiger partial charge in [0.2, 0.25) is 0 Å². The molecule has 0 bridgehead atoms. The van der Waals surface area contributed by atoms with Gasteiger partial charge < -0.3 is 14.5 Å². The SMILES string of the molecule is CCOc1cc(/C=C\c2[nH]c(=O)[nH]c(=O)c2[N+](=O)[O-])ccc1O[C@H](C)CC. The summed E-state index contributed by atoms with van der Waals surface area (Å²) in [5, 5.41) is 11.1. The van der Waals surface area contributed by atoms with E-state index in [-0.39, 0.29) is 11.8 Å². The van der Waals surface area contributed by atoms with E-state index in [9.17, 15) is 19.7 Å². The normalized spacial score (nSPS) is 12.1. The standard InChI is InChI=1S/C18H21N3O6/c1-4-11(3)27-14-9-7-12(10-15(14)26-5-2)6-8-13-16(21(24)25)17(22)20-18(23)19-13/h6-11H,4-5H2,1-3H3,(H2,19,20,22,23)/b8-6-/t11-/m1/s1. The summed E-state index contributed by atoms with van der Waals surface area (Å²) < 4.78 is 11.4. The highest BCUT2D eigenvalue weighted by atomic mass is 16.6. The molecule has 0 saturated carbocycles. The highest BCUT2D eigenvalue weighted by Gasteiger charge is 2.18. The molecule has 2 rings (SSSR count). The summed E-state index contributed by atoms with van der Waals surface area (Å²) >= 11 is 0. The molecule has 0 unspecified atom stereocenters. The van der Waals surface area contributed by atoms with Crippen LogP contribution in [0.3, 0.4) is 0 Å². The molecule has 0 amide bonds. The van der Waals surface area contributed by atoms with Gasteiger partial charge in [0.15, 0.2) is 11.5 Å². The summed E-state index contributed by atoms with van der Waals surface area (Å²) in [6.07, 6.45) is 3.70. The van der Waals surface area contributed by atoms with Crippen molar-refractivity contribution in [2.45, 2.75) is 33.3 Å². The molecule has 1 heterocycles. The molecule has 0 aliphatic rings. The van der Waals surface area contributed by atoms with Gasteiger partial charge in [-0.05, 0) is 44.0 Å². The second kappa shape index (κ2) is 8.84. The number of aromatic nitrogens is 2. The van der Waals surface area contributed by atoms with Gasteiger partial charge in [-0.3, -0.25) is 19.9 Å². The van der Waals surface area contributed by atoms with Crippen molar-refractivity contribution >= 4 is 17.8 Å². The minimum Gasteiger partial charge on any atom is -0.490 e. The molecule has 9 heteroatoms. The molecular weight excluding hydrogens is 354 g/mol. The number of nitrogens with zero attached hydrogens (tertiary/aromatic N) is 1. The number of nitro groups is 1. The van der Waals surface area contributed by atoms with Crippen molar-refractivity contribution < 1.29 is 14.4 Å². The van der Waals surface area contributed by atoms with E-state index in [4.69, 9.17) is 9.47 Å². The first-order valence-corrected chi connectivity index (χ1v) is 8.48. The third kappa shape index (κ3) is 5.06. The molecule has 0 fully saturated rings. The lowest BCUT2D eigenvalue weighted by Crippen LogP contribution is -2.25. The van der Waals surface area contributed by atoms with Crippen LogP contribution in [0, 0.1) is 10.1 Å². The Kier molecular flexibility index (Phi) is 6.53. The monoisotopic (exact) mass is 375 g/mol. The Labute approximate surface area is 154 Å². The molecule has 0 aliphatic heterocycles. The lowest BCUT2D eigenvalue weighted by molar-refractivity contribution is -0.386. The molecule has 1 aromatic carbocycles. The van der Waals surface area contributed by atoms with Crippen LogP contribution in [-0.4, -0.2) is 27.6 Å². The van der Waals surface area contributed by atoms with E-state index in [1.165, 1.54) is 12.2 Å². The maximum atomic E-state index is 11.6. The molecule has 2 N–H and O–H groups in total. The van der Waals surface area contributed by atoms with Crippen molar-refractivity contribution in [3.05, 3.63) is 60.4 Å². The summed E-state index contributed by atoms with van der Waals surface area (Å²) in [7, 11) is 0. The summed E-state index contributed by atoms with van der Waals surface area (Å²) in [5.41, 5.74) is -2.14. The average Bonchev–Trinajstić information content (AvgIpc) is 2.60. The number of H-pyrrole nitrogens is 2. The van der Waals surface area contributed by atoms with Crippen molar-refractivity contribution in [1.82, 2.24) is 9.97 Å². The maximum absolute atomic E-state index is 11.6. The first kappa shape index (κ1) is 20.0. The van der Waals surface area contributed by atoms with Gasteiger partial charge in [-0.15, -0.1) is 0 Å². The number of rotatable bonds is 8. The van der Waals surface area contributed by atoms with Crippen LogP contribution in [0.5, 0.6) is 11.5 Å². The first-order valence-electron chi connectivity index (χ1n) is 8.48. The van der Waals surface area contributed by atoms with E-state index in [0.717, 1.165) is 6.42 Å². The molecule has 27 heavy (non-hydrogen) atoms. The fourth-order valence-electron chi connectivity index (χ4n) is 2.27. The molecular formula is C18H21N3O6. The fourth-order valence-corrected chi connectivity index (χ4v) is 2.27. The quantitative estimate of drug-likeness (QED) is 0.539. The number of benzene rings is 1. The zero-order valence-electron chi connectivity index (χ0n) is 15.3. The molecule has 2 aromatic rings. The highest BCUT2D eigenvalue weighted by molar-refractivity contribution is 5.72. The van der Waals surface area contributed by atoms with E-state index in [2.05, 4.69) is 4.98 Å². The Morgan fingerprint density at radius 3 is 2.56 bits per heavy atom. The van der Waals surface area contributed by atoms with E-state index in [1.807, 2.05) is 25.8 Å². The van der Waals surface area contributed by atoms with Gasteiger partial charge in [0, 0.05) is 0 Å². The van der Waals surface area contributed by atoms with Crippen molar-refractivity contribution in [3.63, 3.8) is 0 Å². The van der Waals surface area contributed by atoms with Gasteiger partial charge in [0.05, 0.1) is 17.6 Å². The Balaban J connectivity index is 2.40. The number of ether oxygens (including phenoxy) is 2. The van der Waals surface area contributed by atoms with Crippen molar-refractivity contribution in [2.24, 2.45) is 0 Å². The predicted octanol–water partition coefficient (Wildman–Crippen LogP) is 2.72. The van der Waals surface area contributed by atoms with Crippen LogP contribution in [-0.2, 0) is 0 Å². The van der Waals surface area contributed by atoms with Crippen LogP contribution in [0.15, 0.2) is 27.8 Å². The predicted molar refractivity (Wildman–Crippen MR) is 101 cm³/mol. The Hall–Kier alpha value is -3.36. The van der Waals surface area contributed by atoms with E-state index < -0.39 is 21.9 Å². The van der Waals surface area contributed by atoms with Gasteiger partial charge in [-0.2, -0.15) is 0 Å². The molecule has 0 saturated heterocycles. The van der Waals surface area contributed by atoms with E-state index in [1.54, 1.807) is 18.2 Å². The summed E-state index contributed by atoms with van der Waals surface area (Å²) in [6, 6.07) is 5.20. The highest BCUT2D eigenvalue weighted by Crippen LogP contribution is 2.30. The van der Waals surface area contributed by atoms with E-state index in [0.29, 0.717) is 23.7 Å². The lowest BCUT2D eigenvalue weighted by atomic mass is 10.1. The largest absolute Gasteiger partial charge is 0.490 e. The smallest absolute Gasteiger partial charge is 0.357 e. The zero-order chi connectivity index (χ0) is 20.0. The molecule has 1 aromatic heterocycles. The second-order valence-electron chi connectivity index (χ2n) is 5.74. The number of hydrogen-bond donors (Lipinski definition) is 2.